The van der Waals surface area contributed by atoms with E-state index in [2.05, 4.69) is 24.4 Å². The highest BCUT2D eigenvalue weighted by Crippen LogP contribution is 2.19. The highest BCUT2D eigenvalue weighted by molar-refractivity contribution is 5.77. The lowest BCUT2D eigenvalue weighted by Gasteiger charge is -2.09. The normalized spacial score (nSPS) is 10.1. The van der Waals surface area contributed by atoms with Crippen LogP contribution in [0.15, 0.2) is 48.5 Å². The van der Waals surface area contributed by atoms with Crippen LogP contribution in [0.2, 0.25) is 0 Å². The first-order chi connectivity index (χ1) is 10.2. The Bertz CT molecular complexity index is 594. The van der Waals surface area contributed by atoms with Gasteiger partial charge in [-0.25, -0.2) is 0 Å². The van der Waals surface area contributed by atoms with Crippen LogP contribution in [0.3, 0.4) is 0 Å². The van der Waals surface area contributed by atoms with Crippen LogP contribution in [-0.4, -0.2) is 12.5 Å². The third-order valence-corrected chi connectivity index (χ3v) is 3.20. The second-order valence-electron chi connectivity index (χ2n) is 4.77. The molecule has 2 aromatic rings. The molecule has 2 aromatic carbocycles. The monoisotopic (exact) mass is 284 g/mol. The maximum absolute atomic E-state index is 11.7. The van der Waals surface area contributed by atoms with E-state index in [1.54, 1.807) is 12.1 Å². The van der Waals surface area contributed by atoms with E-state index >= 15 is 0 Å². The van der Waals surface area contributed by atoms with Gasteiger partial charge in [0, 0.05) is 6.54 Å². The quantitative estimate of drug-likeness (QED) is 0.801. The Morgan fingerprint density at radius 2 is 1.76 bits per heavy atom. The first-order valence-electron chi connectivity index (χ1n) is 7.01. The van der Waals surface area contributed by atoms with Crippen LogP contribution >= 0.6 is 0 Å². The molecule has 0 aromatic heterocycles. The number of ether oxygens (including phenoxy) is 1. The maximum Gasteiger partial charge on any atom is 0.258 e. The molecule has 4 nitrogen and oxygen atoms in total. The Hall–Kier alpha value is -2.49. The van der Waals surface area contributed by atoms with E-state index in [0.717, 1.165) is 12.0 Å². The molecule has 0 atom stereocenters. The highest BCUT2D eigenvalue weighted by atomic mass is 16.5. The molecule has 1 amide bonds. The number of hydrogen-bond donors (Lipinski definition) is 2. The molecule has 110 valence electrons. The third-order valence-electron chi connectivity index (χ3n) is 3.20. The van der Waals surface area contributed by atoms with Gasteiger partial charge in [0.05, 0.1) is 5.69 Å². The fraction of sp³-hybridized carbons (Fsp3) is 0.235. The lowest BCUT2D eigenvalue weighted by molar-refractivity contribution is -0.123. The van der Waals surface area contributed by atoms with Gasteiger partial charge >= 0.3 is 0 Å². The van der Waals surface area contributed by atoms with E-state index in [9.17, 15) is 4.79 Å². The Kier molecular flexibility index (Phi) is 5.21. The van der Waals surface area contributed by atoms with E-state index < -0.39 is 0 Å². The number of rotatable bonds is 6. The van der Waals surface area contributed by atoms with Crippen molar-refractivity contribution in [1.82, 2.24) is 5.32 Å². The van der Waals surface area contributed by atoms with Crippen molar-refractivity contribution in [2.24, 2.45) is 0 Å². The van der Waals surface area contributed by atoms with Crippen molar-refractivity contribution < 1.29 is 9.53 Å². The van der Waals surface area contributed by atoms with Gasteiger partial charge in [-0.1, -0.05) is 43.3 Å². The fourth-order valence-electron chi connectivity index (χ4n) is 1.90. The van der Waals surface area contributed by atoms with E-state index in [4.69, 9.17) is 10.5 Å². The summed E-state index contributed by atoms with van der Waals surface area (Å²) in [7, 11) is 0. The summed E-state index contributed by atoms with van der Waals surface area (Å²) in [6, 6.07) is 15.3. The molecular formula is C17H20N2O2. The van der Waals surface area contributed by atoms with Crippen LogP contribution in [-0.2, 0) is 17.8 Å². The molecule has 0 heterocycles. The number of nitrogen functional groups attached to an aromatic ring is 1. The number of benzene rings is 2. The molecule has 0 spiro atoms. The molecule has 0 aliphatic carbocycles. The largest absolute Gasteiger partial charge is 0.482 e. The Labute approximate surface area is 124 Å². The Balaban J connectivity index is 1.78. The molecular weight excluding hydrogens is 264 g/mol. The van der Waals surface area contributed by atoms with Gasteiger partial charge in [0.1, 0.15) is 5.75 Å². The van der Waals surface area contributed by atoms with E-state index in [1.165, 1.54) is 5.56 Å². The first-order valence-corrected chi connectivity index (χ1v) is 7.01. The standard InChI is InChI=1S/C17H20N2O2/c1-2-13-7-9-14(10-8-13)11-19-17(20)12-21-16-6-4-3-5-15(16)18/h3-10H,2,11-12,18H2,1H3,(H,19,20). The topological polar surface area (TPSA) is 64.3 Å². The van der Waals surface area contributed by atoms with Crippen molar-refractivity contribution in [3.8, 4) is 5.75 Å². The van der Waals surface area contributed by atoms with E-state index in [0.29, 0.717) is 18.0 Å². The van der Waals surface area contributed by atoms with Crippen molar-refractivity contribution in [3.05, 3.63) is 59.7 Å². The summed E-state index contributed by atoms with van der Waals surface area (Å²) in [6.45, 7) is 2.57. The Morgan fingerprint density at radius 1 is 1.10 bits per heavy atom. The molecule has 0 aliphatic rings. The SMILES string of the molecule is CCc1ccc(CNC(=O)COc2ccccc2N)cc1. The summed E-state index contributed by atoms with van der Waals surface area (Å²) >= 11 is 0. The number of para-hydroxylation sites is 2. The average molecular weight is 284 g/mol. The van der Waals surface area contributed by atoms with Crippen LogP contribution in [0.5, 0.6) is 5.75 Å². The molecule has 2 rings (SSSR count). The second-order valence-corrected chi connectivity index (χ2v) is 4.77. The summed E-state index contributed by atoms with van der Waals surface area (Å²) in [6.07, 6.45) is 1.01. The molecule has 0 unspecified atom stereocenters. The molecule has 4 heteroatoms. The predicted molar refractivity (Wildman–Crippen MR) is 84.0 cm³/mol. The molecule has 21 heavy (non-hydrogen) atoms. The molecule has 0 radical (unpaired) electrons. The van der Waals surface area contributed by atoms with Gasteiger partial charge in [0.25, 0.3) is 5.91 Å². The van der Waals surface area contributed by atoms with E-state index in [1.807, 2.05) is 24.3 Å². The summed E-state index contributed by atoms with van der Waals surface area (Å²) in [5.74, 6) is 0.359. The molecule has 3 N–H and O–H groups in total. The van der Waals surface area contributed by atoms with Gasteiger partial charge in [-0.2, -0.15) is 0 Å². The van der Waals surface area contributed by atoms with Gasteiger partial charge < -0.3 is 15.8 Å². The van der Waals surface area contributed by atoms with Crippen molar-refractivity contribution in [1.29, 1.82) is 0 Å². The number of aryl methyl sites for hydroxylation is 1. The van der Waals surface area contributed by atoms with Gasteiger partial charge in [-0.3, -0.25) is 4.79 Å². The van der Waals surface area contributed by atoms with Crippen molar-refractivity contribution in [2.45, 2.75) is 19.9 Å². The molecule has 0 saturated carbocycles. The van der Waals surface area contributed by atoms with Gasteiger partial charge in [-0.05, 0) is 29.7 Å². The number of nitrogens with two attached hydrogens (primary N) is 1. The molecule has 0 aliphatic heterocycles. The lowest BCUT2D eigenvalue weighted by Crippen LogP contribution is -2.28. The van der Waals surface area contributed by atoms with Crippen LogP contribution in [0, 0.1) is 0 Å². The van der Waals surface area contributed by atoms with Crippen LogP contribution in [0.1, 0.15) is 18.1 Å². The Morgan fingerprint density at radius 3 is 2.43 bits per heavy atom. The minimum Gasteiger partial charge on any atom is -0.482 e. The summed E-state index contributed by atoms with van der Waals surface area (Å²) < 4.78 is 5.39. The van der Waals surface area contributed by atoms with Crippen LogP contribution in [0.25, 0.3) is 0 Å². The maximum atomic E-state index is 11.7. The van der Waals surface area contributed by atoms with Crippen LogP contribution in [0.4, 0.5) is 5.69 Å². The van der Waals surface area contributed by atoms with Gasteiger partial charge in [0.15, 0.2) is 6.61 Å². The highest BCUT2D eigenvalue weighted by Gasteiger charge is 2.04. The summed E-state index contributed by atoms with van der Waals surface area (Å²) in [5, 5.41) is 2.82. The van der Waals surface area contributed by atoms with Crippen molar-refractivity contribution in [2.75, 3.05) is 12.3 Å². The smallest absolute Gasteiger partial charge is 0.258 e. The zero-order valence-corrected chi connectivity index (χ0v) is 12.1. The second kappa shape index (κ2) is 7.33. The number of carbonyl (C=O) groups excluding carboxylic acids is 1. The van der Waals surface area contributed by atoms with Gasteiger partial charge in [0.2, 0.25) is 0 Å². The average Bonchev–Trinajstić information content (AvgIpc) is 2.52. The van der Waals surface area contributed by atoms with Gasteiger partial charge in [-0.15, -0.1) is 0 Å². The number of anilines is 1. The molecule has 0 fully saturated rings. The number of carbonyl (C=O) groups is 1. The van der Waals surface area contributed by atoms with Crippen molar-refractivity contribution in [3.63, 3.8) is 0 Å². The minimum atomic E-state index is -0.169. The predicted octanol–water partition coefficient (Wildman–Crippen LogP) is 2.53. The summed E-state index contributed by atoms with van der Waals surface area (Å²) in [4.78, 5) is 11.7. The minimum absolute atomic E-state index is 0.0404. The fourth-order valence-corrected chi connectivity index (χ4v) is 1.90. The van der Waals surface area contributed by atoms with E-state index in [-0.39, 0.29) is 12.5 Å². The zero-order valence-electron chi connectivity index (χ0n) is 12.1. The summed E-state index contributed by atoms with van der Waals surface area (Å²) in [5.41, 5.74) is 8.62. The number of amides is 1. The zero-order chi connectivity index (χ0) is 15.1. The molecule has 0 bridgehead atoms. The van der Waals surface area contributed by atoms with Crippen molar-refractivity contribution >= 4 is 11.6 Å². The third kappa shape index (κ3) is 4.53. The molecule has 0 saturated heterocycles. The van der Waals surface area contributed by atoms with Crippen LogP contribution < -0.4 is 15.8 Å². The lowest BCUT2D eigenvalue weighted by atomic mass is 10.1. The first kappa shape index (κ1) is 14.9. The number of hydrogen-bond acceptors (Lipinski definition) is 3. The number of nitrogens with one attached hydrogen (secondary N) is 1.